The standard InChI is InChI=1S/5C23H17N/c1-16-7-6-9-18(15-16)24-22-12-5-4-11-20(22)21-14-13-17-8-2-3-10-19(17)23(21)24;1-16-7-6-10-19(13-16)24-22-12-5-4-11-20(22)21-14-17-8-2-3-9-18(17)15-23(21)24;1-16-10-13-18(14-11-16)24-22-9-5-4-8-20(22)21-15-12-17-6-2-3-7-19(17)23(21)24;1-16-10-13-18(14-11-16)24-21-9-5-4-8-20(21)23-19-7-3-2-6-17(19)12-15-22(23)24;1-16-10-12-19(13-11-16)24-22-9-5-4-8-20(22)21-14-17-6-2-3-7-18(17)15-23(21)24/h5*2-15H,1H3. The number of hydrogen-bond acceptors (Lipinski definition) is 0. The smallest absolute Gasteiger partial charge is 0.0619 e. The van der Waals surface area contributed by atoms with Gasteiger partial charge < -0.3 is 22.8 Å². The van der Waals surface area contributed by atoms with Gasteiger partial charge in [-0.15, -0.1) is 0 Å². The van der Waals surface area contributed by atoms with Crippen LogP contribution in [0.25, 0.3) is 191 Å². The average molecular weight is 1540 g/mol. The highest BCUT2D eigenvalue weighted by molar-refractivity contribution is 6.23. The van der Waals surface area contributed by atoms with Crippen LogP contribution in [0.3, 0.4) is 0 Å². The molecule has 25 aromatic rings. The molecule has 0 aliphatic heterocycles. The zero-order valence-electron chi connectivity index (χ0n) is 67.7. The number of fused-ring (bicyclic) bond motifs is 23. The molecular weight excluding hydrogens is 1450 g/mol. The van der Waals surface area contributed by atoms with Crippen molar-refractivity contribution >= 4 is 163 Å². The van der Waals surface area contributed by atoms with Gasteiger partial charge in [0.25, 0.3) is 0 Å². The van der Waals surface area contributed by atoms with Crippen LogP contribution in [-0.4, -0.2) is 22.8 Å². The summed E-state index contributed by atoms with van der Waals surface area (Å²) >= 11 is 0. The summed E-state index contributed by atoms with van der Waals surface area (Å²) in [6, 6.07) is 153. The molecule has 0 saturated carbocycles. The van der Waals surface area contributed by atoms with E-state index in [-0.39, 0.29) is 0 Å². The van der Waals surface area contributed by atoms with Crippen LogP contribution < -0.4 is 0 Å². The van der Waals surface area contributed by atoms with Gasteiger partial charge in [-0.25, -0.2) is 0 Å². The number of hydrogen-bond donors (Lipinski definition) is 0. The highest BCUT2D eigenvalue weighted by Crippen LogP contribution is 2.43. The summed E-state index contributed by atoms with van der Waals surface area (Å²) in [5.74, 6) is 0. The lowest BCUT2D eigenvalue weighted by Gasteiger charge is -2.10. The third kappa shape index (κ3) is 12.8. The quantitative estimate of drug-likeness (QED) is 0.164. The van der Waals surface area contributed by atoms with Gasteiger partial charge in [-0.05, 0) is 210 Å². The Bertz CT molecular complexity index is 8170. The van der Waals surface area contributed by atoms with Crippen molar-refractivity contribution < 1.29 is 0 Å². The van der Waals surface area contributed by atoms with Gasteiger partial charge in [0.2, 0.25) is 0 Å². The molecule has 120 heavy (non-hydrogen) atoms. The summed E-state index contributed by atoms with van der Waals surface area (Å²) < 4.78 is 11.9. The average Bonchev–Trinajstić information content (AvgIpc) is 1.58. The Hall–Kier alpha value is -15.3. The van der Waals surface area contributed by atoms with E-state index in [0.29, 0.717) is 0 Å². The minimum atomic E-state index is 1.21. The lowest BCUT2D eigenvalue weighted by Crippen LogP contribution is -1.94. The molecule has 0 atom stereocenters. The Morgan fingerprint density at radius 3 is 0.833 bits per heavy atom. The first-order valence-corrected chi connectivity index (χ1v) is 41.5. The van der Waals surface area contributed by atoms with Crippen LogP contribution in [0.5, 0.6) is 0 Å². The molecule has 0 N–H and O–H groups in total. The van der Waals surface area contributed by atoms with E-state index in [0.717, 1.165) is 0 Å². The van der Waals surface area contributed by atoms with E-state index < -0.39 is 0 Å². The van der Waals surface area contributed by atoms with Crippen molar-refractivity contribution in [3.05, 3.63) is 452 Å². The third-order valence-corrected chi connectivity index (χ3v) is 24.2. The molecule has 0 bridgehead atoms. The molecule has 570 valence electrons. The van der Waals surface area contributed by atoms with Crippen molar-refractivity contribution in [3.63, 3.8) is 0 Å². The summed E-state index contributed by atoms with van der Waals surface area (Å²) in [5.41, 5.74) is 25.1. The van der Waals surface area contributed by atoms with Crippen LogP contribution in [0.15, 0.2) is 425 Å². The normalized spacial score (nSPS) is 11.5. The molecular formula is C115H85N5. The van der Waals surface area contributed by atoms with Crippen molar-refractivity contribution in [1.82, 2.24) is 22.8 Å². The molecule has 0 aliphatic carbocycles. The van der Waals surface area contributed by atoms with Crippen molar-refractivity contribution in [2.24, 2.45) is 0 Å². The maximum absolute atomic E-state index is 2.40. The van der Waals surface area contributed by atoms with E-state index in [9.17, 15) is 0 Å². The summed E-state index contributed by atoms with van der Waals surface area (Å²) in [6.45, 7) is 10.7. The van der Waals surface area contributed by atoms with E-state index in [1.54, 1.807) is 0 Å². The van der Waals surface area contributed by atoms with Crippen LogP contribution >= 0.6 is 0 Å². The van der Waals surface area contributed by atoms with Gasteiger partial charge in [0.05, 0.1) is 55.2 Å². The molecule has 0 unspecified atom stereocenters. The SMILES string of the molecule is Cc1ccc(-n2c3ccccc3c3c4ccccc4ccc32)cc1.Cc1ccc(-n2c3ccccc3c3cc4ccccc4cc32)cc1.Cc1ccc(-n2c3ccccc3c3ccc4ccccc4c32)cc1.Cc1cccc(-n2c3ccccc3c3cc4ccccc4cc32)c1.Cc1cccc(-n2c3ccccc3c3ccc4ccccc4c32)c1. The summed E-state index contributed by atoms with van der Waals surface area (Å²) in [4.78, 5) is 0. The van der Waals surface area contributed by atoms with Crippen LogP contribution in [0, 0.1) is 34.6 Å². The van der Waals surface area contributed by atoms with Gasteiger partial charge in [0, 0.05) is 93.1 Å². The van der Waals surface area contributed by atoms with Crippen LogP contribution in [0.1, 0.15) is 27.8 Å². The molecule has 0 radical (unpaired) electrons. The maximum atomic E-state index is 2.40. The Morgan fingerprint density at radius 2 is 0.417 bits per heavy atom. The fourth-order valence-electron chi connectivity index (χ4n) is 18.5. The van der Waals surface area contributed by atoms with Gasteiger partial charge in [0.15, 0.2) is 0 Å². The molecule has 0 aliphatic rings. The van der Waals surface area contributed by atoms with Gasteiger partial charge in [0.1, 0.15) is 0 Å². The Balaban J connectivity index is 0.0000000928. The molecule has 5 nitrogen and oxygen atoms in total. The number of rotatable bonds is 5. The minimum absolute atomic E-state index is 1.21. The number of para-hydroxylation sites is 5. The first kappa shape index (κ1) is 72.4. The lowest BCUT2D eigenvalue weighted by atomic mass is 10.0. The zero-order chi connectivity index (χ0) is 80.5. The van der Waals surface area contributed by atoms with Crippen LogP contribution in [-0.2, 0) is 0 Å². The second kappa shape index (κ2) is 30.4. The molecule has 0 spiro atoms. The number of benzene rings is 20. The van der Waals surface area contributed by atoms with Gasteiger partial charge >= 0.3 is 0 Å². The fourth-order valence-corrected chi connectivity index (χ4v) is 18.5. The summed E-state index contributed by atoms with van der Waals surface area (Å²) in [5, 5.41) is 26.0. The zero-order valence-corrected chi connectivity index (χ0v) is 67.7. The second-order valence-electron chi connectivity index (χ2n) is 31.9. The lowest BCUT2D eigenvalue weighted by molar-refractivity contribution is 1.17. The molecule has 5 aromatic heterocycles. The van der Waals surface area contributed by atoms with E-state index in [1.165, 1.54) is 219 Å². The fraction of sp³-hybridized carbons (Fsp3) is 0.0435. The topological polar surface area (TPSA) is 24.6 Å². The number of aromatic nitrogens is 5. The molecule has 0 amide bonds. The van der Waals surface area contributed by atoms with E-state index in [4.69, 9.17) is 0 Å². The molecule has 25 rings (SSSR count). The Kier molecular flexibility index (Phi) is 18.3. The van der Waals surface area contributed by atoms with E-state index in [2.05, 4.69) is 482 Å². The Labute approximate surface area is 696 Å². The van der Waals surface area contributed by atoms with Crippen molar-refractivity contribution in [1.29, 1.82) is 0 Å². The molecule has 5 heterocycles. The largest absolute Gasteiger partial charge is 0.309 e. The Morgan fingerprint density at radius 1 is 0.133 bits per heavy atom. The first-order chi connectivity index (χ1) is 59.1. The van der Waals surface area contributed by atoms with Gasteiger partial charge in [-0.2, -0.15) is 0 Å². The van der Waals surface area contributed by atoms with Crippen molar-refractivity contribution in [2.45, 2.75) is 34.6 Å². The summed E-state index contributed by atoms with van der Waals surface area (Å²) in [7, 11) is 0. The molecule has 0 saturated heterocycles. The number of aryl methyl sites for hydroxylation is 5. The maximum Gasteiger partial charge on any atom is 0.0619 e. The molecule has 0 fully saturated rings. The minimum Gasteiger partial charge on any atom is -0.309 e. The van der Waals surface area contributed by atoms with E-state index in [1.807, 2.05) is 0 Å². The monoisotopic (exact) mass is 1540 g/mol. The van der Waals surface area contributed by atoms with E-state index >= 15 is 0 Å². The predicted molar refractivity (Wildman–Crippen MR) is 515 cm³/mol. The van der Waals surface area contributed by atoms with Gasteiger partial charge in [-0.1, -0.05) is 320 Å². The second-order valence-corrected chi connectivity index (χ2v) is 31.9. The number of nitrogens with zero attached hydrogens (tertiary/aromatic N) is 5. The molecule has 5 heteroatoms. The van der Waals surface area contributed by atoms with Gasteiger partial charge in [-0.3, -0.25) is 0 Å². The van der Waals surface area contributed by atoms with Crippen LogP contribution in [0.4, 0.5) is 0 Å². The highest BCUT2D eigenvalue weighted by atomic mass is 15.0. The highest BCUT2D eigenvalue weighted by Gasteiger charge is 2.20. The van der Waals surface area contributed by atoms with Crippen molar-refractivity contribution in [2.75, 3.05) is 0 Å². The predicted octanol–water partition coefficient (Wildman–Crippen LogP) is 31.2. The third-order valence-electron chi connectivity index (χ3n) is 24.2. The van der Waals surface area contributed by atoms with Crippen molar-refractivity contribution in [3.8, 4) is 28.4 Å². The summed E-state index contributed by atoms with van der Waals surface area (Å²) in [6.07, 6.45) is 0. The first-order valence-electron chi connectivity index (χ1n) is 41.5. The molecule has 20 aromatic carbocycles. The van der Waals surface area contributed by atoms with Crippen LogP contribution in [0.2, 0.25) is 0 Å².